The summed E-state index contributed by atoms with van der Waals surface area (Å²) in [7, 11) is 0. The molecule has 0 aliphatic rings. The zero-order chi connectivity index (χ0) is 8.39. The van der Waals surface area contributed by atoms with Crippen LogP contribution in [0, 0.1) is 0 Å². The number of hydrogen-bond acceptors (Lipinski definition) is 3. The number of nitrogens with zero attached hydrogens (tertiary/aromatic N) is 2. The maximum Gasteiger partial charge on any atom is 0.253 e. The first-order valence-electron chi connectivity index (χ1n) is 3.49. The van der Waals surface area contributed by atoms with Crippen LogP contribution < -0.4 is 0 Å². The van der Waals surface area contributed by atoms with Gasteiger partial charge in [0.1, 0.15) is 5.69 Å². The highest BCUT2D eigenvalue weighted by Crippen LogP contribution is 2.08. The molecular weight excluding hydrogens is 152 g/mol. The van der Waals surface area contributed by atoms with Crippen LogP contribution in [0.15, 0.2) is 30.6 Å². The monoisotopic (exact) mass is 157 g/mol. The van der Waals surface area contributed by atoms with E-state index in [1.54, 1.807) is 24.7 Å². The quantitative estimate of drug-likeness (QED) is 0.622. The molecule has 2 aromatic heterocycles. The minimum atomic E-state index is 0.293. The van der Waals surface area contributed by atoms with Gasteiger partial charge in [0.25, 0.3) is 6.29 Å². The van der Waals surface area contributed by atoms with Gasteiger partial charge in [0.05, 0.1) is 5.52 Å². The lowest BCUT2D eigenvalue weighted by Crippen LogP contribution is -1.87. The topological polar surface area (TPSA) is 42.9 Å². The first-order chi connectivity index (χ1) is 5.90. The number of rotatable bonds is 1. The summed E-state index contributed by atoms with van der Waals surface area (Å²) in [5.74, 6) is 0. The third-order valence-electron chi connectivity index (χ3n) is 1.59. The maximum absolute atomic E-state index is 10.2. The third kappa shape index (κ3) is 1.05. The van der Waals surface area contributed by atoms with E-state index in [2.05, 4.69) is 9.97 Å². The molecule has 3 nitrogen and oxygen atoms in total. The third-order valence-corrected chi connectivity index (χ3v) is 1.59. The summed E-state index contributed by atoms with van der Waals surface area (Å²) in [6, 6.07) is 5.33. The Hall–Kier alpha value is -1.77. The first-order valence-corrected chi connectivity index (χ1v) is 3.49. The molecule has 0 saturated carbocycles. The molecule has 0 aliphatic carbocycles. The van der Waals surface area contributed by atoms with Gasteiger partial charge in [-0.3, -0.25) is 14.8 Å². The largest absolute Gasteiger partial charge is 0.283 e. The lowest BCUT2D eigenvalue weighted by atomic mass is 10.2. The summed E-state index contributed by atoms with van der Waals surface area (Å²) in [6.45, 7) is 0. The fraction of sp³-hybridized carbons (Fsp3) is 0. The van der Waals surface area contributed by atoms with Gasteiger partial charge in [-0.1, -0.05) is 0 Å². The number of fused-ring (bicyclic) bond motifs is 1. The summed E-state index contributed by atoms with van der Waals surface area (Å²) in [5, 5.41) is 0.927. The minimum Gasteiger partial charge on any atom is -0.283 e. The molecule has 0 fully saturated rings. The number of carbonyl (C=O) groups excluding carboxylic acids is 1. The van der Waals surface area contributed by atoms with E-state index in [1.165, 1.54) is 0 Å². The standard InChI is InChI=1S/C9H5N2O/c12-6-8-4-9-7(5-11-8)2-1-3-10-9/h1-5H. The van der Waals surface area contributed by atoms with Crippen molar-refractivity contribution in [2.75, 3.05) is 0 Å². The van der Waals surface area contributed by atoms with E-state index in [4.69, 9.17) is 0 Å². The molecule has 2 aromatic rings. The van der Waals surface area contributed by atoms with Crippen LogP contribution in [0.3, 0.4) is 0 Å². The van der Waals surface area contributed by atoms with Crippen LogP contribution in [0.4, 0.5) is 0 Å². The Kier molecular flexibility index (Phi) is 1.55. The summed E-state index contributed by atoms with van der Waals surface area (Å²) in [4.78, 5) is 18.2. The lowest BCUT2D eigenvalue weighted by molar-refractivity contribution is 0.561. The van der Waals surface area contributed by atoms with Gasteiger partial charge in [0, 0.05) is 17.8 Å². The van der Waals surface area contributed by atoms with Crippen molar-refractivity contribution in [3.63, 3.8) is 0 Å². The molecule has 0 saturated heterocycles. The molecule has 0 bridgehead atoms. The zero-order valence-electron chi connectivity index (χ0n) is 6.19. The van der Waals surface area contributed by atoms with Crippen LogP contribution in [0.25, 0.3) is 10.9 Å². The van der Waals surface area contributed by atoms with Crippen molar-refractivity contribution in [3.8, 4) is 0 Å². The van der Waals surface area contributed by atoms with Gasteiger partial charge >= 0.3 is 0 Å². The molecule has 2 rings (SSSR count). The molecule has 3 heteroatoms. The average molecular weight is 157 g/mol. The van der Waals surface area contributed by atoms with Gasteiger partial charge in [0.15, 0.2) is 0 Å². The van der Waals surface area contributed by atoms with E-state index >= 15 is 0 Å². The Bertz CT molecular complexity index is 426. The molecule has 0 amide bonds. The van der Waals surface area contributed by atoms with Crippen molar-refractivity contribution in [2.24, 2.45) is 0 Å². The number of aromatic nitrogens is 2. The summed E-state index contributed by atoms with van der Waals surface area (Å²) >= 11 is 0. The maximum atomic E-state index is 10.2. The van der Waals surface area contributed by atoms with Gasteiger partial charge in [0.2, 0.25) is 0 Å². The van der Waals surface area contributed by atoms with Crippen LogP contribution in [0.2, 0.25) is 0 Å². The second kappa shape index (κ2) is 2.70. The zero-order valence-corrected chi connectivity index (χ0v) is 6.19. The van der Waals surface area contributed by atoms with Gasteiger partial charge in [-0.05, 0) is 18.2 Å². The van der Waals surface area contributed by atoms with Crippen molar-refractivity contribution in [1.82, 2.24) is 9.97 Å². The van der Waals surface area contributed by atoms with Crippen LogP contribution in [0.5, 0.6) is 0 Å². The molecule has 0 atom stereocenters. The van der Waals surface area contributed by atoms with E-state index in [9.17, 15) is 4.79 Å². The second-order valence-electron chi connectivity index (χ2n) is 2.37. The molecule has 57 valence electrons. The normalized spacial score (nSPS) is 10.0. The van der Waals surface area contributed by atoms with E-state index in [0.29, 0.717) is 5.69 Å². The molecule has 2 heterocycles. The van der Waals surface area contributed by atoms with Crippen molar-refractivity contribution < 1.29 is 4.79 Å². The molecular formula is C9H5N2O. The SMILES string of the molecule is O=[C]c1cc2ncccc2cn1. The molecule has 0 aromatic carbocycles. The van der Waals surface area contributed by atoms with Gasteiger partial charge in [-0.15, -0.1) is 0 Å². The molecule has 0 N–H and O–H groups in total. The van der Waals surface area contributed by atoms with Crippen molar-refractivity contribution in [3.05, 3.63) is 36.3 Å². The highest BCUT2D eigenvalue weighted by Gasteiger charge is 1.96. The van der Waals surface area contributed by atoms with E-state index in [0.717, 1.165) is 10.9 Å². The lowest BCUT2D eigenvalue weighted by Gasteiger charge is -1.94. The summed E-state index contributed by atoms with van der Waals surface area (Å²) in [6.07, 6.45) is 5.01. The molecule has 12 heavy (non-hydrogen) atoms. The van der Waals surface area contributed by atoms with E-state index in [-0.39, 0.29) is 0 Å². The van der Waals surface area contributed by atoms with Crippen molar-refractivity contribution in [2.45, 2.75) is 0 Å². The van der Waals surface area contributed by atoms with Gasteiger partial charge in [-0.2, -0.15) is 0 Å². The van der Waals surface area contributed by atoms with Crippen LogP contribution in [0.1, 0.15) is 5.69 Å². The Morgan fingerprint density at radius 1 is 1.33 bits per heavy atom. The Morgan fingerprint density at radius 3 is 3.08 bits per heavy atom. The summed E-state index contributed by atoms with van der Waals surface area (Å²) < 4.78 is 0. The fourth-order valence-corrected chi connectivity index (χ4v) is 1.02. The van der Waals surface area contributed by atoms with Crippen molar-refractivity contribution in [1.29, 1.82) is 0 Å². The molecule has 1 radical (unpaired) electrons. The predicted molar refractivity (Wildman–Crippen MR) is 44.3 cm³/mol. The van der Waals surface area contributed by atoms with Crippen molar-refractivity contribution >= 4 is 17.2 Å². The minimum absolute atomic E-state index is 0.293. The van der Waals surface area contributed by atoms with Crippen LogP contribution >= 0.6 is 0 Å². The van der Waals surface area contributed by atoms with Gasteiger partial charge in [-0.25, -0.2) is 0 Å². The Morgan fingerprint density at radius 2 is 2.25 bits per heavy atom. The van der Waals surface area contributed by atoms with E-state index in [1.807, 2.05) is 12.1 Å². The van der Waals surface area contributed by atoms with Crippen LogP contribution in [-0.2, 0) is 4.79 Å². The Labute approximate surface area is 69.1 Å². The van der Waals surface area contributed by atoms with Gasteiger partial charge < -0.3 is 0 Å². The second-order valence-corrected chi connectivity index (χ2v) is 2.37. The van der Waals surface area contributed by atoms with Crippen LogP contribution in [-0.4, -0.2) is 16.3 Å². The van der Waals surface area contributed by atoms with E-state index < -0.39 is 0 Å². The average Bonchev–Trinajstić information content (AvgIpc) is 2.17. The smallest absolute Gasteiger partial charge is 0.253 e. The molecule has 0 aliphatic heterocycles. The highest BCUT2D eigenvalue weighted by atomic mass is 16.1. The number of pyridine rings is 2. The number of hydrogen-bond donors (Lipinski definition) is 0. The predicted octanol–water partition coefficient (Wildman–Crippen LogP) is 1.09. The highest BCUT2D eigenvalue weighted by molar-refractivity contribution is 5.83. The fourth-order valence-electron chi connectivity index (χ4n) is 1.02. The molecule has 0 spiro atoms. The molecule has 0 unspecified atom stereocenters. The first kappa shape index (κ1) is 6.91. The summed E-state index contributed by atoms with van der Waals surface area (Å²) in [5.41, 5.74) is 1.06. The Balaban J connectivity index is 2.75.